The van der Waals surface area contributed by atoms with Crippen LogP contribution < -0.4 is 5.32 Å². The Balaban J connectivity index is 2.78. The van der Waals surface area contributed by atoms with E-state index in [1.807, 2.05) is 6.92 Å². The molecule has 7 heteroatoms. The van der Waals surface area contributed by atoms with E-state index in [-0.39, 0.29) is 12.1 Å². The lowest BCUT2D eigenvalue weighted by atomic mass is 10.2. The Hall–Kier alpha value is -0.780. The maximum absolute atomic E-state index is 12.1. The minimum atomic E-state index is -0.954. The second-order valence-electron chi connectivity index (χ2n) is 4.69. The number of nitrogens with one attached hydrogen (secondary N) is 1. The van der Waals surface area contributed by atoms with Gasteiger partial charge in [-0.25, -0.2) is 4.79 Å². The molecule has 0 aliphatic carbocycles. The van der Waals surface area contributed by atoms with Gasteiger partial charge in [0.15, 0.2) is 0 Å². The molecule has 4 nitrogen and oxygen atoms in total. The molecule has 1 aromatic rings. The molecule has 0 bridgehead atoms. The van der Waals surface area contributed by atoms with Crippen LogP contribution in [0.5, 0.6) is 0 Å². The Morgan fingerprint density at radius 2 is 1.90 bits per heavy atom. The van der Waals surface area contributed by atoms with Crippen LogP contribution >= 0.6 is 23.2 Å². The lowest BCUT2D eigenvalue weighted by Gasteiger charge is -2.24. The zero-order valence-electron chi connectivity index (χ0n) is 11.9. The second kappa shape index (κ2) is 7.29. The first-order chi connectivity index (χ1) is 9.22. The lowest BCUT2D eigenvalue weighted by Crippen LogP contribution is -2.40. The van der Waals surface area contributed by atoms with E-state index in [9.17, 15) is 9.00 Å². The summed E-state index contributed by atoms with van der Waals surface area (Å²) in [4.78, 5) is 13.6. The molecule has 0 unspecified atom stereocenters. The minimum absolute atomic E-state index is 0.128. The highest BCUT2D eigenvalue weighted by atomic mass is 35.5. The van der Waals surface area contributed by atoms with Crippen molar-refractivity contribution in [2.75, 3.05) is 24.4 Å². The Bertz CT molecular complexity index is 514. The number of halogens is 2. The van der Waals surface area contributed by atoms with Crippen molar-refractivity contribution in [1.82, 2.24) is 4.90 Å². The predicted octanol–water partition coefficient (Wildman–Crippen LogP) is 3.53. The van der Waals surface area contributed by atoms with Gasteiger partial charge < -0.3 is 10.2 Å². The smallest absolute Gasteiger partial charge is 0.321 e. The van der Waals surface area contributed by atoms with Crippen LogP contribution in [0, 0.1) is 6.92 Å². The van der Waals surface area contributed by atoms with Crippen molar-refractivity contribution in [3.05, 3.63) is 27.7 Å². The molecule has 2 amide bonds. The summed E-state index contributed by atoms with van der Waals surface area (Å²) in [6.45, 7) is 3.65. The first kappa shape index (κ1) is 17.3. The third kappa shape index (κ3) is 4.65. The van der Waals surface area contributed by atoms with Gasteiger partial charge in [0.2, 0.25) is 0 Å². The third-order valence-electron chi connectivity index (χ3n) is 2.99. The summed E-state index contributed by atoms with van der Waals surface area (Å²) in [5.74, 6) is 0.430. The number of anilines is 1. The zero-order chi connectivity index (χ0) is 15.4. The lowest BCUT2D eigenvalue weighted by molar-refractivity contribution is 0.212. The molecule has 1 N–H and O–H groups in total. The quantitative estimate of drug-likeness (QED) is 0.914. The van der Waals surface area contributed by atoms with Gasteiger partial charge >= 0.3 is 6.03 Å². The molecule has 0 aromatic heterocycles. The molecule has 20 heavy (non-hydrogen) atoms. The number of benzene rings is 1. The monoisotopic (exact) mass is 336 g/mol. The van der Waals surface area contributed by atoms with Crippen LogP contribution in [-0.2, 0) is 10.8 Å². The number of rotatable bonds is 4. The van der Waals surface area contributed by atoms with Crippen LogP contribution in [-0.4, -0.2) is 40.2 Å². The van der Waals surface area contributed by atoms with Gasteiger partial charge in [0, 0.05) is 51.6 Å². The van der Waals surface area contributed by atoms with Crippen molar-refractivity contribution in [2.24, 2.45) is 0 Å². The van der Waals surface area contributed by atoms with Gasteiger partial charge in [0.25, 0.3) is 0 Å². The summed E-state index contributed by atoms with van der Waals surface area (Å²) in [5, 5.41) is 3.72. The van der Waals surface area contributed by atoms with Gasteiger partial charge in [-0.1, -0.05) is 23.2 Å². The highest BCUT2D eigenvalue weighted by Gasteiger charge is 2.17. The van der Waals surface area contributed by atoms with Crippen LogP contribution in [0.25, 0.3) is 0 Å². The van der Waals surface area contributed by atoms with Crippen LogP contribution in [0.4, 0.5) is 10.5 Å². The molecule has 112 valence electrons. The van der Waals surface area contributed by atoms with E-state index in [1.54, 1.807) is 32.4 Å². The van der Waals surface area contributed by atoms with E-state index in [4.69, 9.17) is 23.2 Å². The molecular weight excluding hydrogens is 319 g/mol. The standard InChI is InChI=1S/C13H18Cl2N2O2S/c1-8(7-20(4)19)17(3)13(18)16-10-5-11(14)9(2)12(15)6-10/h5-6,8H,7H2,1-4H3,(H,16,18)/t8-,20-/m1/s1. The molecule has 0 heterocycles. The summed E-state index contributed by atoms with van der Waals surface area (Å²) in [5.41, 5.74) is 1.31. The van der Waals surface area contributed by atoms with E-state index in [0.717, 1.165) is 5.56 Å². The normalized spacial score (nSPS) is 13.7. The first-order valence-electron chi connectivity index (χ1n) is 6.01. The Morgan fingerprint density at radius 3 is 2.35 bits per heavy atom. The fraction of sp³-hybridized carbons (Fsp3) is 0.462. The van der Waals surface area contributed by atoms with Crippen molar-refractivity contribution >= 4 is 45.7 Å². The molecule has 0 spiro atoms. The molecule has 0 saturated carbocycles. The Morgan fingerprint density at radius 1 is 1.40 bits per heavy atom. The number of hydrogen-bond acceptors (Lipinski definition) is 2. The molecule has 1 rings (SSSR count). The maximum atomic E-state index is 12.1. The van der Waals surface area contributed by atoms with Crippen molar-refractivity contribution in [2.45, 2.75) is 19.9 Å². The fourth-order valence-corrected chi connectivity index (χ4v) is 2.97. The number of amides is 2. The van der Waals surface area contributed by atoms with E-state index in [0.29, 0.717) is 21.5 Å². The average molecular weight is 337 g/mol. The number of urea groups is 1. The average Bonchev–Trinajstić information content (AvgIpc) is 2.33. The maximum Gasteiger partial charge on any atom is 0.321 e. The Kier molecular flexibility index (Phi) is 6.30. The fourth-order valence-electron chi connectivity index (χ4n) is 1.58. The largest absolute Gasteiger partial charge is 0.324 e. The van der Waals surface area contributed by atoms with Gasteiger partial charge in [0.05, 0.1) is 0 Å². The van der Waals surface area contributed by atoms with E-state index in [2.05, 4.69) is 5.32 Å². The zero-order valence-corrected chi connectivity index (χ0v) is 14.2. The SMILES string of the molecule is Cc1c(Cl)cc(NC(=O)N(C)[C@H](C)C[S@@](C)=O)cc1Cl. The first-order valence-corrected chi connectivity index (χ1v) is 8.50. The van der Waals surface area contributed by atoms with Crippen LogP contribution in [0.15, 0.2) is 12.1 Å². The van der Waals surface area contributed by atoms with Crippen molar-refractivity contribution in [3.63, 3.8) is 0 Å². The summed E-state index contributed by atoms with van der Waals surface area (Å²) in [6, 6.07) is 2.88. The van der Waals surface area contributed by atoms with Crippen molar-refractivity contribution in [1.29, 1.82) is 0 Å². The van der Waals surface area contributed by atoms with Gasteiger partial charge in [-0.3, -0.25) is 4.21 Å². The number of hydrogen-bond donors (Lipinski definition) is 1. The molecule has 0 aliphatic rings. The molecule has 0 saturated heterocycles. The number of carbonyl (C=O) groups is 1. The summed E-state index contributed by atoms with van der Waals surface area (Å²) >= 11 is 12.0. The molecule has 2 atom stereocenters. The van der Waals surface area contributed by atoms with E-state index < -0.39 is 10.8 Å². The molecular formula is C13H18Cl2N2O2S. The van der Waals surface area contributed by atoms with Gasteiger partial charge in [-0.05, 0) is 31.5 Å². The van der Waals surface area contributed by atoms with Crippen LogP contribution in [0.1, 0.15) is 12.5 Å². The van der Waals surface area contributed by atoms with E-state index in [1.165, 1.54) is 4.90 Å². The summed E-state index contributed by atoms with van der Waals surface area (Å²) in [7, 11) is 0.703. The van der Waals surface area contributed by atoms with Gasteiger partial charge in [-0.2, -0.15) is 0 Å². The van der Waals surface area contributed by atoms with Crippen molar-refractivity contribution < 1.29 is 9.00 Å². The highest BCUT2D eigenvalue weighted by Crippen LogP contribution is 2.28. The summed E-state index contributed by atoms with van der Waals surface area (Å²) in [6.07, 6.45) is 1.61. The molecule has 0 aliphatic heterocycles. The molecule has 0 radical (unpaired) electrons. The van der Waals surface area contributed by atoms with Crippen LogP contribution in [0.2, 0.25) is 10.0 Å². The third-order valence-corrected chi connectivity index (χ3v) is 4.73. The Labute approximate surface area is 131 Å². The predicted molar refractivity (Wildman–Crippen MR) is 86.4 cm³/mol. The van der Waals surface area contributed by atoms with E-state index >= 15 is 0 Å². The van der Waals surface area contributed by atoms with Crippen molar-refractivity contribution in [3.8, 4) is 0 Å². The number of nitrogens with zero attached hydrogens (tertiary/aromatic N) is 1. The second-order valence-corrected chi connectivity index (χ2v) is 6.99. The minimum Gasteiger partial charge on any atom is -0.324 e. The van der Waals surface area contributed by atoms with Crippen LogP contribution in [0.3, 0.4) is 0 Å². The highest BCUT2D eigenvalue weighted by molar-refractivity contribution is 7.84. The van der Waals surface area contributed by atoms with Gasteiger partial charge in [0.1, 0.15) is 0 Å². The van der Waals surface area contributed by atoms with Gasteiger partial charge in [-0.15, -0.1) is 0 Å². The molecule has 0 fully saturated rings. The molecule has 1 aromatic carbocycles. The topological polar surface area (TPSA) is 49.4 Å². The summed E-state index contributed by atoms with van der Waals surface area (Å²) < 4.78 is 11.2. The number of carbonyl (C=O) groups excluding carboxylic acids is 1.